The fourth-order valence-electron chi connectivity index (χ4n) is 3.32. The summed E-state index contributed by atoms with van der Waals surface area (Å²) >= 11 is 0. The molecule has 1 N–H and O–H groups in total. The van der Waals surface area contributed by atoms with Gasteiger partial charge in [-0.3, -0.25) is 4.79 Å². The third-order valence-corrected chi connectivity index (χ3v) is 4.62. The van der Waals surface area contributed by atoms with E-state index in [4.69, 9.17) is 4.74 Å². The van der Waals surface area contributed by atoms with Gasteiger partial charge in [-0.15, -0.1) is 0 Å². The van der Waals surface area contributed by atoms with E-state index in [0.717, 1.165) is 43.4 Å². The number of benzene rings is 1. The van der Waals surface area contributed by atoms with Gasteiger partial charge in [0.2, 0.25) is 5.91 Å². The Hall–Kier alpha value is -1.77. The Labute approximate surface area is 133 Å². The Kier molecular flexibility index (Phi) is 6.05. The molecule has 0 bridgehead atoms. The summed E-state index contributed by atoms with van der Waals surface area (Å²) in [5.74, 6) is 1.02. The molecular weight excluding hydrogens is 274 g/mol. The van der Waals surface area contributed by atoms with Gasteiger partial charge in [0.1, 0.15) is 5.75 Å². The van der Waals surface area contributed by atoms with E-state index in [-0.39, 0.29) is 11.3 Å². The third-order valence-electron chi connectivity index (χ3n) is 4.62. The number of carbonyl (C=O) groups excluding carboxylic acids is 1. The molecule has 1 aliphatic carbocycles. The van der Waals surface area contributed by atoms with Crippen LogP contribution in [0.3, 0.4) is 0 Å². The van der Waals surface area contributed by atoms with Gasteiger partial charge in [0.15, 0.2) is 0 Å². The molecule has 2 rings (SSSR count). The summed E-state index contributed by atoms with van der Waals surface area (Å²) in [6.45, 7) is 2.71. The summed E-state index contributed by atoms with van der Waals surface area (Å²) in [4.78, 5) is 12.9. The zero-order chi connectivity index (χ0) is 15.8. The van der Waals surface area contributed by atoms with E-state index in [2.05, 4.69) is 23.5 Å². The maximum atomic E-state index is 12.9. The van der Waals surface area contributed by atoms with E-state index in [1.54, 1.807) is 7.11 Å². The number of allylic oxidation sites excluding steroid dienone is 1. The van der Waals surface area contributed by atoms with Gasteiger partial charge < -0.3 is 10.1 Å². The maximum absolute atomic E-state index is 12.9. The van der Waals surface area contributed by atoms with Crippen molar-refractivity contribution in [2.45, 2.75) is 50.9 Å². The van der Waals surface area contributed by atoms with Gasteiger partial charge in [-0.05, 0) is 43.9 Å². The number of amides is 1. The van der Waals surface area contributed by atoms with Gasteiger partial charge in [0.05, 0.1) is 12.5 Å². The molecule has 0 aliphatic heterocycles. The highest BCUT2D eigenvalue weighted by molar-refractivity contribution is 5.88. The zero-order valence-corrected chi connectivity index (χ0v) is 13.7. The van der Waals surface area contributed by atoms with Crippen molar-refractivity contribution in [2.24, 2.45) is 0 Å². The van der Waals surface area contributed by atoms with Crippen molar-refractivity contribution in [3.05, 3.63) is 42.0 Å². The molecule has 120 valence electrons. The van der Waals surface area contributed by atoms with Crippen molar-refractivity contribution in [1.29, 1.82) is 0 Å². The standard InChI is InChI=1S/C19H27NO2/c1-3-4-8-15-20-18(21)19(13-6-5-7-14-19)16-9-11-17(22-2)12-10-16/h3-4,9-12H,5-8,13-15H2,1-2H3,(H,20,21)/b4-3+. The number of nitrogens with one attached hydrogen (secondary N) is 1. The van der Waals surface area contributed by atoms with Gasteiger partial charge >= 0.3 is 0 Å². The van der Waals surface area contributed by atoms with E-state index >= 15 is 0 Å². The van der Waals surface area contributed by atoms with Crippen LogP contribution in [-0.2, 0) is 10.2 Å². The molecule has 0 heterocycles. The molecule has 0 radical (unpaired) electrons. The Bertz CT molecular complexity index is 499. The predicted molar refractivity (Wildman–Crippen MR) is 90.2 cm³/mol. The monoisotopic (exact) mass is 301 g/mol. The van der Waals surface area contributed by atoms with Crippen molar-refractivity contribution in [3.63, 3.8) is 0 Å². The first-order valence-corrected chi connectivity index (χ1v) is 8.27. The molecule has 0 aromatic heterocycles. The van der Waals surface area contributed by atoms with Crippen LogP contribution < -0.4 is 10.1 Å². The van der Waals surface area contributed by atoms with Crippen LogP contribution in [0.25, 0.3) is 0 Å². The fraction of sp³-hybridized carbons (Fsp3) is 0.526. The lowest BCUT2D eigenvalue weighted by Gasteiger charge is -2.36. The van der Waals surface area contributed by atoms with Crippen molar-refractivity contribution in [1.82, 2.24) is 5.32 Å². The highest BCUT2D eigenvalue weighted by atomic mass is 16.5. The number of methoxy groups -OCH3 is 1. The first kappa shape index (κ1) is 16.6. The predicted octanol–water partition coefficient (Wildman–Crippen LogP) is 3.98. The Morgan fingerprint density at radius 3 is 2.50 bits per heavy atom. The zero-order valence-electron chi connectivity index (χ0n) is 13.7. The summed E-state index contributed by atoms with van der Waals surface area (Å²) in [6, 6.07) is 8.02. The molecular formula is C19H27NO2. The number of rotatable bonds is 6. The van der Waals surface area contributed by atoms with E-state index in [1.807, 2.05) is 25.1 Å². The minimum Gasteiger partial charge on any atom is -0.497 e. The minimum atomic E-state index is -0.361. The van der Waals surface area contributed by atoms with Crippen LogP contribution in [0, 0.1) is 0 Å². The van der Waals surface area contributed by atoms with Gasteiger partial charge in [-0.2, -0.15) is 0 Å². The molecule has 0 saturated heterocycles. The SMILES string of the molecule is C/C=C/CCNC(=O)C1(c2ccc(OC)cc2)CCCCC1. The Morgan fingerprint density at radius 2 is 1.91 bits per heavy atom. The van der Waals surface area contributed by atoms with E-state index < -0.39 is 0 Å². The van der Waals surface area contributed by atoms with Gasteiger partial charge in [0.25, 0.3) is 0 Å². The van der Waals surface area contributed by atoms with Crippen LogP contribution in [-0.4, -0.2) is 19.6 Å². The van der Waals surface area contributed by atoms with Crippen molar-refractivity contribution in [2.75, 3.05) is 13.7 Å². The van der Waals surface area contributed by atoms with Crippen LogP contribution in [0.15, 0.2) is 36.4 Å². The fourth-order valence-corrected chi connectivity index (χ4v) is 3.32. The van der Waals surface area contributed by atoms with Crippen LogP contribution >= 0.6 is 0 Å². The topological polar surface area (TPSA) is 38.3 Å². The summed E-state index contributed by atoms with van der Waals surface area (Å²) in [5, 5.41) is 3.13. The quantitative estimate of drug-likeness (QED) is 0.637. The number of carbonyl (C=O) groups is 1. The molecule has 1 fully saturated rings. The Morgan fingerprint density at radius 1 is 1.23 bits per heavy atom. The van der Waals surface area contributed by atoms with Crippen LogP contribution in [0.4, 0.5) is 0 Å². The van der Waals surface area contributed by atoms with Crippen molar-refractivity contribution < 1.29 is 9.53 Å². The third kappa shape index (κ3) is 3.70. The molecule has 22 heavy (non-hydrogen) atoms. The number of hydrogen-bond donors (Lipinski definition) is 1. The molecule has 1 aliphatic rings. The number of hydrogen-bond acceptors (Lipinski definition) is 2. The van der Waals surface area contributed by atoms with Crippen molar-refractivity contribution >= 4 is 5.91 Å². The average Bonchev–Trinajstić information content (AvgIpc) is 2.59. The van der Waals surface area contributed by atoms with E-state index in [0.29, 0.717) is 6.54 Å². The summed E-state index contributed by atoms with van der Waals surface area (Å²) in [6.07, 6.45) is 10.3. The van der Waals surface area contributed by atoms with Crippen LogP contribution in [0.1, 0.15) is 51.0 Å². The molecule has 1 amide bonds. The first-order valence-electron chi connectivity index (χ1n) is 8.27. The minimum absolute atomic E-state index is 0.182. The lowest BCUT2D eigenvalue weighted by molar-refractivity contribution is -0.128. The highest BCUT2D eigenvalue weighted by Gasteiger charge is 2.40. The average molecular weight is 301 g/mol. The van der Waals surface area contributed by atoms with E-state index in [1.165, 1.54) is 6.42 Å². The molecule has 1 saturated carbocycles. The lowest BCUT2D eigenvalue weighted by atomic mass is 9.68. The first-order chi connectivity index (χ1) is 10.7. The smallest absolute Gasteiger partial charge is 0.230 e. The van der Waals surface area contributed by atoms with E-state index in [9.17, 15) is 4.79 Å². The molecule has 0 atom stereocenters. The molecule has 0 spiro atoms. The molecule has 0 unspecified atom stereocenters. The summed E-state index contributed by atoms with van der Waals surface area (Å²) in [5.41, 5.74) is 0.761. The largest absolute Gasteiger partial charge is 0.497 e. The lowest BCUT2D eigenvalue weighted by Crippen LogP contribution is -2.46. The van der Waals surface area contributed by atoms with Gasteiger partial charge in [-0.1, -0.05) is 43.5 Å². The van der Waals surface area contributed by atoms with Crippen molar-refractivity contribution in [3.8, 4) is 5.75 Å². The second kappa shape index (κ2) is 8.02. The summed E-state index contributed by atoms with van der Waals surface area (Å²) in [7, 11) is 1.67. The second-order valence-electron chi connectivity index (χ2n) is 5.98. The second-order valence-corrected chi connectivity index (χ2v) is 5.98. The van der Waals surface area contributed by atoms with Gasteiger partial charge in [-0.25, -0.2) is 0 Å². The Balaban J connectivity index is 2.17. The molecule has 3 heteroatoms. The highest BCUT2D eigenvalue weighted by Crippen LogP contribution is 2.40. The summed E-state index contributed by atoms with van der Waals surface area (Å²) < 4.78 is 5.23. The maximum Gasteiger partial charge on any atom is 0.230 e. The number of ether oxygens (including phenoxy) is 1. The van der Waals surface area contributed by atoms with Crippen LogP contribution in [0.2, 0.25) is 0 Å². The molecule has 1 aromatic rings. The van der Waals surface area contributed by atoms with Crippen LogP contribution in [0.5, 0.6) is 5.75 Å². The normalized spacial score (nSPS) is 17.4. The molecule has 1 aromatic carbocycles. The molecule has 3 nitrogen and oxygen atoms in total. The van der Waals surface area contributed by atoms with Gasteiger partial charge in [0, 0.05) is 6.54 Å².